The minimum Gasteiger partial charge on any atom is -0.389 e. The van der Waals surface area contributed by atoms with Crippen LogP contribution in [0.1, 0.15) is 24.2 Å². The van der Waals surface area contributed by atoms with Crippen LogP contribution in [0.25, 0.3) is 0 Å². The Morgan fingerprint density at radius 3 is 2.47 bits per heavy atom. The van der Waals surface area contributed by atoms with Gasteiger partial charge in [-0.25, -0.2) is 0 Å². The molecule has 1 aromatic rings. The second-order valence-corrected chi connectivity index (χ2v) is 7.73. The number of rotatable bonds is 3. The van der Waals surface area contributed by atoms with E-state index in [1.807, 2.05) is 12.1 Å². The summed E-state index contributed by atoms with van der Waals surface area (Å²) in [6.45, 7) is 3.57. The van der Waals surface area contributed by atoms with Crippen LogP contribution in [0.4, 0.5) is 0 Å². The fraction of sp³-hybridized carbons (Fsp3) is 0.364. The van der Waals surface area contributed by atoms with Gasteiger partial charge in [-0.1, -0.05) is 0 Å². The number of nitrogens with one attached hydrogen (secondary N) is 1. The van der Waals surface area contributed by atoms with E-state index in [9.17, 15) is 9.90 Å². The van der Waals surface area contributed by atoms with Gasteiger partial charge in [-0.2, -0.15) is 0 Å². The summed E-state index contributed by atoms with van der Waals surface area (Å²) in [5.41, 5.74) is -0.234. The summed E-state index contributed by atoms with van der Waals surface area (Å²) in [6.07, 6.45) is 0. The fourth-order valence-electron chi connectivity index (χ4n) is 1.11. The Labute approximate surface area is 142 Å². The zero-order valence-electron chi connectivity index (χ0n) is 9.35. The van der Waals surface area contributed by atoms with Crippen molar-refractivity contribution >= 4 is 73.7 Å². The van der Waals surface area contributed by atoms with E-state index >= 15 is 0 Å². The van der Waals surface area contributed by atoms with Crippen LogP contribution in [0.5, 0.6) is 0 Å². The third-order valence-corrected chi connectivity index (χ3v) is 5.59. The largest absolute Gasteiger partial charge is 0.389 e. The van der Waals surface area contributed by atoms with Crippen LogP contribution in [-0.4, -0.2) is 23.2 Å². The number of hydrogen-bond donors (Lipinski definition) is 2. The lowest BCUT2D eigenvalue weighted by molar-refractivity contribution is 0.0694. The smallest absolute Gasteiger partial charge is 0.252 e. The average Bonchev–Trinajstić information content (AvgIpc) is 2.19. The van der Waals surface area contributed by atoms with Gasteiger partial charge in [-0.15, -0.1) is 0 Å². The maximum Gasteiger partial charge on any atom is 0.252 e. The van der Waals surface area contributed by atoms with Crippen molar-refractivity contribution in [1.29, 1.82) is 0 Å². The van der Waals surface area contributed by atoms with E-state index in [-0.39, 0.29) is 12.5 Å². The maximum absolute atomic E-state index is 12.0. The minimum atomic E-state index is -0.893. The molecule has 0 aliphatic carbocycles. The van der Waals surface area contributed by atoms with Crippen LogP contribution in [-0.2, 0) is 0 Å². The molecular formula is C11H12I3NO2. The summed E-state index contributed by atoms with van der Waals surface area (Å²) in [5.74, 6) is -0.145. The number of carbonyl (C=O) groups excluding carboxylic acids is 1. The molecule has 0 fully saturated rings. The van der Waals surface area contributed by atoms with Crippen LogP contribution in [0, 0.1) is 10.7 Å². The molecule has 17 heavy (non-hydrogen) atoms. The number of carbonyl (C=O) groups is 1. The van der Waals surface area contributed by atoms with Gasteiger partial charge in [0.05, 0.1) is 11.2 Å². The molecule has 0 atom stereocenters. The number of benzene rings is 1. The van der Waals surface area contributed by atoms with E-state index in [2.05, 4.69) is 73.1 Å². The highest BCUT2D eigenvalue weighted by Gasteiger charge is 2.17. The molecular weight excluding hydrogens is 559 g/mol. The molecule has 0 saturated carbocycles. The van der Waals surface area contributed by atoms with Gasteiger partial charge < -0.3 is 10.4 Å². The van der Waals surface area contributed by atoms with Gasteiger partial charge in [0.15, 0.2) is 0 Å². The third-order valence-electron chi connectivity index (χ3n) is 1.92. The van der Waals surface area contributed by atoms with Gasteiger partial charge in [0, 0.05) is 17.3 Å². The Hall–Kier alpha value is 0.840. The van der Waals surface area contributed by atoms with Crippen molar-refractivity contribution in [3.63, 3.8) is 0 Å². The van der Waals surface area contributed by atoms with Crippen molar-refractivity contribution < 1.29 is 9.90 Å². The molecule has 3 nitrogen and oxygen atoms in total. The number of amides is 1. The Bertz CT molecular complexity index is 441. The van der Waals surface area contributed by atoms with Crippen molar-refractivity contribution in [3.05, 3.63) is 28.4 Å². The van der Waals surface area contributed by atoms with E-state index in [4.69, 9.17) is 0 Å². The van der Waals surface area contributed by atoms with E-state index in [0.29, 0.717) is 5.56 Å². The van der Waals surface area contributed by atoms with Crippen LogP contribution < -0.4 is 5.32 Å². The topological polar surface area (TPSA) is 49.3 Å². The molecule has 0 aliphatic heterocycles. The summed E-state index contributed by atoms with van der Waals surface area (Å²) in [7, 11) is 0. The number of hydrogen-bond acceptors (Lipinski definition) is 2. The molecule has 1 rings (SSSR count). The zero-order chi connectivity index (χ0) is 13.2. The van der Waals surface area contributed by atoms with Crippen molar-refractivity contribution in [3.8, 4) is 0 Å². The first-order valence-electron chi connectivity index (χ1n) is 4.86. The molecule has 0 bridgehead atoms. The van der Waals surface area contributed by atoms with Crippen LogP contribution >= 0.6 is 67.8 Å². The lowest BCUT2D eigenvalue weighted by Gasteiger charge is -2.18. The first-order chi connectivity index (χ1) is 7.70. The highest BCUT2D eigenvalue weighted by atomic mass is 127. The molecule has 0 radical (unpaired) electrons. The Kier molecular flexibility index (Phi) is 5.92. The standard InChI is InChI=1S/C11H12I3NO2/c1-11(2,17)5-15-10(16)7-3-6(12)4-8(13)9(7)14/h3-4,17H,5H2,1-2H3,(H,15,16). The first kappa shape index (κ1) is 15.9. The molecule has 0 saturated heterocycles. The monoisotopic (exact) mass is 571 g/mol. The predicted molar refractivity (Wildman–Crippen MR) is 93.2 cm³/mol. The quantitative estimate of drug-likeness (QED) is 0.434. The molecule has 94 valence electrons. The molecule has 0 aromatic heterocycles. The highest BCUT2D eigenvalue weighted by Crippen LogP contribution is 2.22. The highest BCUT2D eigenvalue weighted by molar-refractivity contribution is 14.1. The van der Waals surface area contributed by atoms with Crippen LogP contribution in [0.2, 0.25) is 0 Å². The van der Waals surface area contributed by atoms with Crippen molar-refractivity contribution in [2.75, 3.05) is 6.54 Å². The predicted octanol–water partition coefficient (Wildman–Crippen LogP) is 3.00. The Morgan fingerprint density at radius 2 is 1.94 bits per heavy atom. The van der Waals surface area contributed by atoms with E-state index in [1.54, 1.807) is 13.8 Å². The molecule has 1 amide bonds. The molecule has 0 heterocycles. The summed E-state index contributed by atoms with van der Waals surface area (Å²) < 4.78 is 3.03. The second-order valence-electron chi connectivity index (χ2n) is 4.24. The molecule has 2 N–H and O–H groups in total. The SMILES string of the molecule is CC(C)(O)CNC(=O)c1cc(I)cc(I)c1I. The van der Waals surface area contributed by atoms with Gasteiger partial charge in [0.25, 0.3) is 5.91 Å². The summed E-state index contributed by atoms with van der Waals surface area (Å²) in [4.78, 5) is 12.0. The minimum absolute atomic E-state index is 0.145. The van der Waals surface area contributed by atoms with Gasteiger partial charge in [-0.3, -0.25) is 4.79 Å². The number of halogens is 3. The second kappa shape index (κ2) is 6.33. The Morgan fingerprint density at radius 1 is 1.35 bits per heavy atom. The molecule has 1 aromatic carbocycles. The maximum atomic E-state index is 12.0. The first-order valence-corrected chi connectivity index (χ1v) is 8.09. The summed E-state index contributed by atoms with van der Waals surface area (Å²) >= 11 is 6.56. The van der Waals surface area contributed by atoms with E-state index in [0.717, 1.165) is 10.7 Å². The van der Waals surface area contributed by atoms with Crippen molar-refractivity contribution in [2.45, 2.75) is 19.4 Å². The Balaban J connectivity index is 2.90. The van der Waals surface area contributed by atoms with Gasteiger partial charge in [0.1, 0.15) is 0 Å². The third kappa shape index (κ3) is 5.15. The van der Waals surface area contributed by atoms with Crippen LogP contribution in [0.3, 0.4) is 0 Å². The van der Waals surface area contributed by atoms with Gasteiger partial charge in [-0.05, 0) is 93.8 Å². The van der Waals surface area contributed by atoms with E-state index < -0.39 is 5.60 Å². The molecule has 0 unspecified atom stereocenters. The molecule has 0 spiro atoms. The van der Waals surface area contributed by atoms with Crippen molar-refractivity contribution in [1.82, 2.24) is 5.32 Å². The lowest BCUT2D eigenvalue weighted by Crippen LogP contribution is -2.38. The number of aliphatic hydroxyl groups is 1. The van der Waals surface area contributed by atoms with Crippen molar-refractivity contribution in [2.24, 2.45) is 0 Å². The van der Waals surface area contributed by atoms with Gasteiger partial charge in [0.2, 0.25) is 0 Å². The molecule has 0 aliphatic rings. The molecule has 6 heteroatoms. The normalized spacial score (nSPS) is 11.4. The fourth-order valence-corrected chi connectivity index (χ4v) is 3.51. The summed E-state index contributed by atoms with van der Waals surface area (Å²) in [5, 5.41) is 12.3. The van der Waals surface area contributed by atoms with Crippen LogP contribution in [0.15, 0.2) is 12.1 Å². The van der Waals surface area contributed by atoms with Gasteiger partial charge >= 0.3 is 0 Å². The summed E-state index contributed by atoms with van der Waals surface area (Å²) in [6, 6.07) is 3.87. The average molecular weight is 571 g/mol. The zero-order valence-corrected chi connectivity index (χ0v) is 15.8. The lowest BCUT2D eigenvalue weighted by atomic mass is 10.1. The van der Waals surface area contributed by atoms with E-state index in [1.165, 1.54) is 0 Å².